The first-order chi connectivity index (χ1) is 8.66. The normalized spacial score (nSPS) is 10.1. The van der Waals surface area contributed by atoms with Crippen LogP contribution in [0.2, 0.25) is 0 Å². The smallest absolute Gasteiger partial charge is 0.281 e. The number of nitrogens with two attached hydrogens (primary N) is 2. The van der Waals surface area contributed by atoms with Crippen LogP contribution in [0.1, 0.15) is 21.5 Å². The molecule has 108 valence electrons. The van der Waals surface area contributed by atoms with E-state index in [1.165, 1.54) is 12.1 Å². The quantitative estimate of drug-likeness (QED) is 0.460. The topological polar surface area (TPSA) is 116 Å². The number of carbonyl (C=O) groups is 1. The molecule has 0 bridgehead atoms. The van der Waals surface area contributed by atoms with E-state index in [9.17, 15) is 13.2 Å². The number of carbonyl (C=O) groups excluding carboxylic acids is 1. The highest BCUT2D eigenvalue weighted by molar-refractivity contribution is 7.90. The van der Waals surface area contributed by atoms with Crippen LogP contribution in [0.5, 0.6) is 0 Å². The van der Waals surface area contributed by atoms with Crippen molar-refractivity contribution in [3.63, 3.8) is 0 Å². The van der Waals surface area contributed by atoms with E-state index in [-0.39, 0.29) is 28.4 Å². The van der Waals surface area contributed by atoms with Gasteiger partial charge in [0.15, 0.2) is 15.8 Å². The van der Waals surface area contributed by atoms with Crippen molar-refractivity contribution in [1.29, 1.82) is 0 Å². The number of rotatable bonds is 2. The average Bonchev–Trinajstić information content (AvgIpc) is 2.25. The molecule has 1 amide bonds. The van der Waals surface area contributed by atoms with Crippen LogP contribution in [0, 0.1) is 19.3 Å². The number of sulfone groups is 1. The van der Waals surface area contributed by atoms with Crippen molar-refractivity contribution in [3.8, 4) is 12.3 Å². The first kappa shape index (κ1) is 18.0. The molecule has 8 heteroatoms. The lowest BCUT2D eigenvalue weighted by Gasteiger charge is -2.08. The monoisotopic (exact) mass is 315 g/mol. The van der Waals surface area contributed by atoms with Gasteiger partial charge in [-0.1, -0.05) is 5.92 Å². The van der Waals surface area contributed by atoms with Crippen LogP contribution in [-0.4, -0.2) is 26.5 Å². The molecular weight excluding hydrogens is 302 g/mol. The number of hydrogen-bond acceptors (Lipinski definition) is 3. The molecule has 0 spiro atoms. The van der Waals surface area contributed by atoms with Crippen molar-refractivity contribution in [2.45, 2.75) is 11.8 Å². The number of halogens is 1. The number of terminal acetylenes is 1. The van der Waals surface area contributed by atoms with Gasteiger partial charge in [0, 0.05) is 11.8 Å². The number of nitrogens with zero attached hydrogens (tertiary/aromatic N) is 1. The Bertz CT molecular complexity index is 714. The van der Waals surface area contributed by atoms with E-state index in [0.29, 0.717) is 5.56 Å². The molecule has 0 aromatic heterocycles. The van der Waals surface area contributed by atoms with Crippen LogP contribution in [0.15, 0.2) is 22.0 Å². The predicted molar refractivity (Wildman–Crippen MR) is 79.6 cm³/mol. The predicted octanol–water partition coefficient (Wildman–Crippen LogP) is 0.215. The summed E-state index contributed by atoms with van der Waals surface area (Å²) in [6.07, 6.45) is 6.33. The summed E-state index contributed by atoms with van der Waals surface area (Å²) in [7, 11) is -3.47. The second kappa shape index (κ2) is 6.41. The lowest BCUT2D eigenvalue weighted by Crippen LogP contribution is -2.24. The standard InChI is InChI=1S/C12H13N3O3S.ClH/c1-4-8-5-7(2)10(19(3,17)18)6-9(8)11(16)15-12(13)14;/h1,5-6H,2-3H3,(H4,13,14,15,16);1H. The maximum absolute atomic E-state index is 11.8. The van der Waals surface area contributed by atoms with Gasteiger partial charge in [0.25, 0.3) is 5.91 Å². The van der Waals surface area contributed by atoms with Gasteiger partial charge in [-0.05, 0) is 24.6 Å². The fourth-order valence-corrected chi connectivity index (χ4v) is 2.54. The van der Waals surface area contributed by atoms with E-state index >= 15 is 0 Å². The van der Waals surface area contributed by atoms with Gasteiger partial charge in [0.1, 0.15) is 0 Å². The van der Waals surface area contributed by atoms with Crippen molar-refractivity contribution in [2.24, 2.45) is 16.5 Å². The van der Waals surface area contributed by atoms with Crippen molar-refractivity contribution >= 4 is 34.1 Å². The van der Waals surface area contributed by atoms with Crippen LogP contribution in [0.4, 0.5) is 0 Å². The lowest BCUT2D eigenvalue weighted by atomic mass is 10.0. The molecule has 0 radical (unpaired) electrons. The summed E-state index contributed by atoms with van der Waals surface area (Å²) >= 11 is 0. The van der Waals surface area contributed by atoms with E-state index in [1.807, 2.05) is 0 Å². The Labute approximate surface area is 123 Å². The van der Waals surface area contributed by atoms with Crippen LogP contribution >= 0.6 is 12.4 Å². The number of aliphatic imine (C=N–C) groups is 1. The Hall–Kier alpha value is -2.04. The summed E-state index contributed by atoms with van der Waals surface area (Å²) < 4.78 is 23.2. The van der Waals surface area contributed by atoms with Gasteiger partial charge < -0.3 is 11.5 Å². The molecule has 1 aromatic rings. The summed E-state index contributed by atoms with van der Waals surface area (Å²) in [5.41, 5.74) is 10.9. The summed E-state index contributed by atoms with van der Waals surface area (Å²) in [6.45, 7) is 1.59. The zero-order chi connectivity index (χ0) is 14.8. The van der Waals surface area contributed by atoms with E-state index < -0.39 is 21.7 Å². The minimum absolute atomic E-state index is 0. The van der Waals surface area contributed by atoms with Gasteiger partial charge in [-0.25, -0.2) is 8.42 Å². The molecule has 0 saturated heterocycles. The highest BCUT2D eigenvalue weighted by Crippen LogP contribution is 2.21. The van der Waals surface area contributed by atoms with E-state index in [2.05, 4.69) is 10.9 Å². The first-order valence-corrected chi connectivity index (χ1v) is 7.01. The Balaban J connectivity index is 0.00000361. The third-order valence-electron chi connectivity index (χ3n) is 2.33. The molecule has 0 aliphatic heterocycles. The highest BCUT2D eigenvalue weighted by atomic mass is 35.5. The second-order valence-electron chi connectivity index (χ2n) is 3.92. The van der Waals surface area contributed by atoms with E-state index in [4.69, 9.17) is 17.9 Å². The summed E-state index contributed by atoms with van der Waals surface area (Å²) in [4.78, 5) is 15.2. The SMILES string of the molecule is C#Cc1cc(C)c(S(C)(=O)=O)cc1C(=O)N=C(N)N.Cl. The second-order valence-corrected chi connectivity index (χ2v) is 5.91. The lowest BCUT2D eigenvalue weighted by molar-refractivity contribution is 0.100. The maximum Gasteiger partial charge on any atom is 0.281 e. The molecule has 0 aliphatic rings. The highest BCUT2D eigenvalue weighted by Gasteiger charge is 2.18. The minimum Gasteiger partial charge on any atom is -0.370 e. The third kappa shape index (κ3) is 3.98. The fraction of sp³-hybridized carbons (Fsp3) is 0.167. The number of hydrogen-bond donors (Lipinski definition) is 2. The minimum atomic E-state index is -3.47. The third-order valence-corrected chi connectivity index (χ3v) is 3.57. The summed E-state index contributed by atoms with van der Waals surface area (Å²) in [5.74, 6) is 1.10. The molecule has 0 saturated carbocycles. The first-order valence-electron chi connectivity index (χ1n) is 5.12. The number of amides is 1. The Morgan fingerprint density at radius 2 is 1.90 bits per heavy atom. The molecule has 0 unspecified atom stereocenters. The largest absolute Gasteiger partial charge is 0.370 e. The Morgan fingerprint density at radius 1 is 1.35 bits per heavy atom. The molecule has 0 heterocycles. The van der Waals surface area contributed by atoms with Gasteiger partial charge in [0.05, 0.1) is 10.5 Å². The number of aryl methyl sites for hydroxylation is 1. The van der Waals surface area contributed by atoms with E-state index in [0.717, 1.165) is 6.26 Å². The fourth-order valence-electron chi connectivity index (χ4n) is 1.56. The average molecular weight is 316 g/mol. The van der Waals surface area contributed by atoms with Crippen LogP contribution < -0.4 is 11.5 Å². The van der Waals surface area contributed by atoms with Crippen molar-refractivity contribution in [3.05, 3.63) is 28.8 Å². The molecule has 1 aromatic carbocycles. The van der Waals surface area contributed by atoms with Crippen molar-refractivity contribution in [2.75, 3.05) is 6.26 Å². The summed E-state index contributed by atoms with van der Waals surface area (Å²) in [6, 6.07) is 2.63. The van der Waals surface area contributed by atoms with Gasteiger partial charge in [-0.2, -0.15) is 4.99 Å². The van der Waals surface area contributed by atoms with Gasteiger partial charge in [-0.3, -0.25) is 4.79 Å². The zero-order valence-corrected chi connectivity index (χ0v) is 12.5. The zero-order valence-electron chi connectivity index (χ0n) is 10.9. The number of guanidine groups is 1. The van der Waals surface area contributed by atoms with Gasteiger partial charge in [-0.15, -0.1) is 18.8 Å². The van der Waals surface area contributed by atoms with Crippen molar-refractivity contribution in [1.82, 2.24) is 0 Å². The Kier molecular flexibility index (Phi) is 5.76. The van der Waals surface area contributed by atoms with Gasteiger partial charge >= 0.3 is 0 Å². The number of benzene rings is 1. The Morgan fingerprint density at radius 3 is 2.30 bits per heavy atom. The van der Waals surface area contributed by atoms with Crippen LogP contribution in [0.25, 0.3) is 0 Å². The van der Waals surface area contributed by atoms with Crippen LogP contribution in [-0.2, 0) is 9.84 Å². The van der Waals surface area contributed by atoms with Crippen molar-refractivity contribution < 1.29 is 13.2 Å². The van der Waals surface area contributed by atoms with Crippen LogP contribution in [0.3, 0.4) is 0 Å². The van der Waals surface area contributed by atoms with Gasteiger partial charge in [0.2, 0.25) is 0 Å². The molecule has 0 aliphatic carbocycles. The molecule has 1 rings (SSSR count). The summed E-state index contributed by atoms with van der Waals surface area (Å²) in [5, 5.41) is 0. The van der Waals surface area contributed by atoms with E-state index in [1.54, 1.807) is 6.92 Å². The molecule has 6 nitrogen and oxygen atoms in total. The molecular formula is C12H14ClN3O3S. The maximum atomic E-state index is 11.8. The molecule has 4 N–H and O–H groups in total. The molecule has 0 atom stereocenters. The molecule has 0 fully saturated rings. The molecule has 20 heavy (non-hydrogen) atoms.